The molecule has 2 rings (SSSR count). The van der Waals surface area contributed by atoms with E-state index in [-0.39, 0.29) is 6.73 Å². The van der Waals surface area contributed by atoms with Gasteiger partial charge in [-0.25, -0.2) is 9.79 Å². The van der Waals surface area contributed by atoms with Gasteiger partial charge in [-0.3, -0.25) is 0 Å². The second-order valence-corrected chi connectivity index (χ2v) is 4.27. The minimum atomic E-state index is -0.368. The minimum absolute atomic E-state index is 0.368. The number of nitrogens with zero attached hydrogens (tertiary/aromatic N) is 4. The van der Waals surface area contributed by atoms with Crippen LogP contribution in [0.1, 0.15) is 44.3 Å². The third-order valence-corrected chi connectivity index (χ3v) is 3.23. The van der Waals surface area contributed by atoms with Crippen molar-refractivity contribution in [2.45, 2.75) is 51.7 Å². The van der Waals surface area contributed by atoms with Gasteiger partial charge in [0.25, 0.3) is 0 Å². The highest BCUT2D eigenvalue weighted by Crippen LogP contribution is 2.27. The molecule has 1 radical (unpaired) electrons. The first-order chi connectivity index (χ1) is 7.40. The minimum Gasteiger partial charge on any atom is -0.211 e. The maximum Gasteiger partial charge on any atom is 0.178 e. The lowest BCUT2D eigenvalue weighted by Crippen LogP contribution is -2.10. The summed E-state index contributed by atoms with van der Waals surface area (Å²) in [6.07, 6.45) is 8.74. The molecule has 1 heterocycles. The molecule has 83 valence electrons. The van der Waals surface area contributed by atoms with Crippen LogP contribution in [-0.2, 0) is 18.3 Å². The molecule has 0 amide bonds. The maximum atomic E-state index is 10.7. The van der Waals surface area contributed by atoms with E-state index in [0.29, 0.717) is 0 Å². The molecule has 1 saturated carbocycles. The van der Waals surface area contributed by atoms with E-state index < -0.39 is 0 Å². The molecular formula is C10H17N4O. The number of tetrazole rings is 1. The molecule has 1 aliphatic rings. The van der Waals surface area contributed by atoms with Crippen molar-refractivity contribution in [2.24, 2.45) is 5.92 Å². The average molecular weight is 209 g/mol. The molecule has 0 unspecified atom stereocenters. The zero-order valence-corrected chi connectivity index (χ0v) is 8.93. The molecule has 0 N–H and O–H groups in total. The largest absolute Gasteiger partial charge is 0.211 e. The second kappa shape index (κ2) is 5.21. The number of hydrogen-bond acceptors (Lipinski definition) is 3. The standard InChI is InChI=1S/C10H17N4O/c15-8-14-10(11-12-13-14)7-6-9-4-2-1-3-5-9/h9H,1-8H2. The molecule has 0 saturated heterocycles. The van der Waals surface area contributed by atoms with Crippen LogP contribution in [-0.4, -0.2) is 20.2 Å². The van der Waals surface area contributed by atoms with Gasteiger partial charge in [0.2, 0.25) is 0 Å². The fraction of sp³-hybridized carbons (Fsp3) is 0.900. The molecule has 0 aromatic carbocycles. The molecule has 0 atom stereocenters. The fourth-order valence-electron chi connectivity index (χ4n) is 2.31. The van der Waals surface area contributed by atoms with Gasteiger partial charge in [0, 0.05) is 6.42 Å². The van der Waals surface area contributed by atoms with Crippen LogP contribution in [0.5, 0.6) is 0 Å². The zero-order chi connectivity index (χ0) is 10.5. The number of aromatic nitrogens is 4. The Morgan fingerprint density at radius 2 is 2.07 bits per heavy atom. The molecule has 1 aromatic heterocycles. The van der Waals surface area contributed by atoms with Crippen LogP contribution in [0.2, 0.25) is 0 Å². The number of rotatable bonds is 4. The highest BCUT2D eigenvalue weighted by Gasteiger charge is 2.15. The van der Waals surface area contributed by atoms with Crippen LogP contribution >= 0.6 is 0 Å². The molecule has 1 aromatic rings. The van der Waals surface area contributed by atoms with E-state index in [1.54, 1.807) is 0 Å². The Labute approximate surface area is 89.5 Å². The van der Waals surface area contributed by atoms with Gasteiger partial charge in [-0.1, -0.05) is 32.1 Å². The van der Waals surface area contributed by atoms with E-state index in [0.717, 1.165) is 24.6 Å². The van der Waals surface area contributed by atoms with Crippen LogP contribution in [0.3, 0.4) is 0 Å². The SMILES string of the molecule is [O]Cn1nnnc1CCC1CCCCC1. The molecule has 5 heteroatoms. The van der Waals surface area contributed by atoms with Gasteiger partial charge < -0.3 is 0 Å². The van der Waals surface area contributed by atoms with Crippen molar-refractivity contribution in [3.05, 3.63) is 5.82 Å². The van der Waals surface area contributed by atoms with E-state index in [1.165, 1.54) is 36.8 Å². The molecule has 0 aliphatic heterocycles. The van der Waals surface area contributed by atoms with Crippen LogP contribution < -0.4 is 0 Å². The lowest BCUT2D eigenvalue weighted by atomic mass is 9.86. The molecule has 0 spiro atoms. The lowest BCUT2D eigenvalue weighted by molar-refractivity contribution is 0.103. The first kappa shape index (κ1) is 10.5. The predicted octanol–water partition coefficient (Wildman–Crippen LogP) is 1.57. The Balaban J connectivity index is 1.81. The van der Waals surface area contributed by atoms with Crippen LogP contribution in [0, 0.1) is 5.92 Å². The van der Waals surface area contributed by atoms with E-state index in [1.807, 2.05) is 0 Å². The first-order valence-electron chi connectivity index (χ1n) is 5.73. The first-order valence-corrected chi connectivity index (χ1v) is 5.73. The number of aryl methyl sites for hydroxylation is 1. The van der Waals surface area contributed by atoms with Crippen molar-refractivity contribution < 1.29 is 5.11 Å². The summed E-state index contributed by atoms with van der Waals surface area (Å²) in [6.45, 7) is -0.368. The van der Waals surface area contributed by atoms with E-state index >= 15 is 0 Å². The van der Waals surface area contributed by atoms with Gasteiger partial charge in [-0.05, 0) is 22.8 Å². The van der Waals surface area contributed by atoms with Crippen LogP contribution in [0.4, 0.5) is 0 Å². The smallest absolute Gasteiger partial charge is 0.178 e. The summed E-state index contributed by atoms with van der Waals surface area (Å²) in [5.41, 5.74) is 0. The van der Waals surface area contributed by atoms with Crippen LogP contribution in [0.15, 0.2) is 0 Å². The Hall–Kier alpha value is -0.970. The Morgan fingerprint density at radius 1 is 1.27 bits per heavy atom. The van der Waals surface area contributed by atoms with Crippen molar-refractivity contribution in [1.82, 2.24) is 20.2 Å². The summed E-state index contributed by atoms with van der Waals surface area (Å²) in [5.74, 6) is 1.56. The third-order valence-electron chi connectivity index (χ3n) is 3.23. The quantitative estimate of drug-likeness (QED) is 0.756. The van der Waals surface area contributed by atoms with E-state index in [4.69, 9.17) is 0 Å². The molecule has 1 fully saturated rings. The molecule has 5 nitrogen and oxygen atoms in total. The van der Waals surface area contributed by atoms with Crippen LogP contribution in [0.25, 0.3) is 0 Å². The maximum absolute atomic E-state index is 10.7. The molecule has 1 aliphatic carbocycles. The summed E-state index contributed by atoms with van der Waals surface area (Å²) in [6, 6.07) is 0. The van der Waals surface area contributed by atoms with Gasteiger partial charge >= 0.3 is 0 Å². The zero-order valence-electron chi connectivity index (χ0n) is 8.93. The van der Waals surface area contributed by atoms with Crippen molar-refractivity contribution >= 4 is 0 Å². The molecule has 0 bridgehead atoms. The topological polar surface area (TPSA) is 63.5 Å². The van der Waals surface area contributed by atoms with Gasteiger partial charge in [0.1, 0.15) is 0 Å². The van der Waals surface area contributed by atoms with Crippen molar-refractivity contribution in [1.29, 1.82) is 0 Å². The fourth-order valence-corrected chi connectivity index (χ4v) is 2.31. The average Bonchev–Trinajstić information content (AvgIpc) is 2.75. The van der Waals surface area contributed by atoms with Gasteiger partial charge in [0.15, 0.2) is 12.6 Å². The van der Waals surface area contributed by atoms with Crippen molar-refractivity contribution in [3.63, 3.8) is 0 Å². The van der Waals surface area contributed by atoms with E-state index in [9.17, 15) is 5.11 Å². The second-order valence-electron chi connectivity index (χ2n) is 4.27. The Kier molecular flexibility index (Phi) is 3.66. The summed E-state index contributed by atoms with van der Waals surface area (Å²) in [5, 5.41) is 21.7. The summed E-state index contributed by atoms with van der Waals surface area (Å²) in [7, 11) is 0. The monoisotopic (exact) mass is 209 g/mol. The predicted molar refractivity (Wildman–Crippen MR) is 53.4 cm³/mol. The Bertz CT molecular complexity index is 293. The van der Waals surface area contributed by atoms with Gasteiger partial charge in [-0.15, -0.1) is 5.10 Å². The highest BCUT2D eigenvalue weighted by molar-refractivity contribution is 4.81. The lowest BCUT2D eigenvalue weighted by Gasteiger charge is -2.20. The highest BCUT2D eigenvalue weighted by atomic mass is 16.3. The third kappa shape index (κ3) is 2.75. The van der Waals surface area contributed by atoms with Gasteiger partial charge in [0.05, 0.1) is 0 Å². The summed E-state index contributed by atoms with van der Waals surface area (Å²) < 4.78 is 1.35. The van der Waals surface area contributed by atoms with Crippen molar-refractivity contribution in [3.8, 4) is 0 Å². The van der Waals surface area contributed by atoms with Crippen molar-refractivity contribution in [2.75, 3.05) is 0 Å². The molecular weight excluding hydrogens is 192 g/mol. The number of hydrogen-bond donors (Lipinski definition) is 0. The molecule has 15 heavy (non-hydrogen) atoms. The summed E-state index contributed by atoms with van der Waals surface area (Å²) >= 11 is 0. The summed E-state index contributed by atoms with van der Waals surface area (Å²) in [4.78, 5) is 0. The Morgan fingerprint density at radius 3 is 2.80 bits per heavy atom. The van der Waals surface area contributed by atoms with Gasteiger partial charge in [-0.2, -0.15) is 0 Å². The van der Waals surface area contributed by atoms with E-state index in [2.05, 4.69) is 15.5 Å². The normalized spacial score (nSPS) is 18.2.